The summed E-state index contributed by atoms with van der Waals surface area (Å²) in [7, 11) is -6.30. The van der Waals surface area contributed by atoms with Gasteiger partial charge in [-0.05, 0) is 37.0 Å². The van der Waals surface area contributed by atoms with Crippen LogP contribution in [0, 0.1) is 5.92 Å². The minimum Gasteiger partial charge on any atom is -0.393 e. The zero-order valence-corrected chi connectivity index (χ0v) is 13.1. The number of rotatable bonds is 5. The Balaban J connectivity index is 2.23. The van der Waals surface area contributed by atoms with Gasteiger partial charge in [0.25, 0.3) is 0 Å². The number of aliphatic hydroxyl groups is 1. The second-order valence-electron chi connectivity index (χ2n) is 5.30. The fourth-order valence-corrected chi connectivity index (χ4v) is 4.23. The molecule has 0 saturated heterocycles. The van der Waals surface area contributed by atoms with Crippen molar-refractivity contribution in [3.63, 3.8) is 0 Å². The lowest BCUT2D eigenvalue weighted by Gasteiger charge is -2.34. The van der Waals surface area contributed by atoms with Gasteiger partial charge >= 0.3 is 0 Å². The molecule has 0 heterocycles. The van der Waals surface area contributed by atoms with E-state index < -0.39 is 20.0 Å². The van der Waals surface area contributed by atoms with Gasteiger partial charge in [0, 0.05) is 13.6 Å². The molecule has 0 aliphatic heterocycles. The van der Waals surface area contributed by atoms with E-state index in [-0.39, 0.29) is 21.8 Å². The summed E-state index contributed by atoms with van der Waals surface area (Å²) in [6.45, 7) is 0.291. The number of benzene rings is 1. The van der Waals surface area contributed by atoms with Crippen LogP contribution in [-0.2, 0) is 20.0 Å². The van der Waals surface area contributed by atoms with Gasteiger partial charge in [0.15, 0.2) is 0 Å². The van der Waals surface area contributed by atoms with Gasteiger partial charge in [-0.3, -0.25) is 0 Å². The van der Waals surface area contributed by atoms with Gasteiger partial charge in [0.2, 0.25) is 20.0 Å². The Labute approximate surface area is 124 Å². The van der Waals surface area contributed by atoms with Crippen LogP contribution in [-0.4, -0.2) is 45.9 Å². The van der Waals surface area contributed by atoms with E-state index in [2.05, 4.69) is 0 Å². The van der Waals surface area contributed by atoms with Crippen LogP contribution in [0.4, 0.5) is 0 Å². The lowest BCUT2D eigenvalue weighted by Crippen LogP contribution is -2.39. The molecule has 0 bridgehead atoms. The maximum Gasteiger partial charge on any atom is 0.242 e. The van der Waals surface area contributed by atoms with Crippen LogP contribution in [0.15, 0.2) is 34.1 Å². The molecule has 1 aliphatic rings. The van der Waals surface area contributed by atoms with Crippen LogP contribution in [0.3, 0.4) is 0 Å². The summed E-state index contributed by atoms with van der Waals surface area (Å²) in [5.41, 5.74) is 0. The maximum atomic E-state index is 12.4. The Morgan fingerprint density at radius 3 is 2.33 bits per heavy atom. The molecule has 2 rings (SSSR count). The standard InChI is InChI=1S/C12H18N2O5S2/c1-14(8-9-5-10(15)6-9)21(18,19)12-4-2-3-11(7-12)20(13,16)17/h2-4,7,9-10,15H,5-6,8H2,1H3,(H2,13,16,17). The topological polar surface area (TPSA) is 118 Å². The van der Waals surface area contributed by atoms with Crippen molar-refractivity contribution >= 4 is 20.0 Å². The SMILES string of the molecule is CN(CC1CC(O)C1)S(=O)(=O)c1cccc(S(N)(=O)=O)c1. The average Bonchev–Trinajstić information content (AvgIpc) is 2.36. The lowest BCUT2D eigenvalue weighted by atomic mass is 9.82. The van der Waals surface area contributed by atoms with Crippen LogP contribution in [0.5, 0.6) is 0 Å². The Hall–Kier alpha value is -1.00. The van der Waals surface area contributed by atoms with Crippen molar-refractivity contribution in [2.75, 3.05) is 13.6 Å². The molecule has 1 aliphatic carbocycles. The lowest BCUT2D eigenvalue weighted by molar-refractivity contribution is 0.0367. The molecule has 0 amide bonds. The number of aliphatic hydroxyl groups excluding tert-OH is 1. The van der Waals surface area contributed by atoms with Crippen LogP contribution < -0.4 is 5.14 Å². The van der Waals surface area contributed by atoms with Gasteiger partial charge in [0.05, 0.1) is 15.9 Å². The first-order chi connectivity index (χ1) is 9.60. The summed E-state index contributed by atoms with van der Waals surface area (Å²) >= 11 is 0. The molecule has 3 N–H and O–H groups in total. The smallest absolute Gasteiger partial charge is 0.242 e. The average molecular weight is 334 g/mol. The van der Waals surface area contributed by atoms with Gasteiger partial charge in [-0.1, -0.05) is 6.07 Å². The second-order valence-corrected chi connectivity index (χ2v) is 8.90. The molecule has 0 atom stereocenters. The predicted molar refractivity (Wildman–Crippen MR) is 76.4 cm³/mol. The number of nitrogens with two attached hydrogens (primary N) is 1. The van der Waals surface area contributed by atoms with Crippen molar-refractivity contribution in [1.29, 1.82) is 0 Å². The highest BCUT2D eigenvalue weighted by atomic mass is 32.2. The molecule has 1 aromatic rings. The third kappa shape index (κ3) is 3.61. The van der Waals surface area contributed by atoms with E-state index in [0.717, 1.165) is 6.07 Å². The molecule has 1 aromatic carbocycles. The molecule has 1 fully saturated rings. The van der Waals surface area contributed by atoms with Crippen LogP contribution in [0.25, 0.3) is 0 Å². The summed E-state index contributed by atoms with van der Waals surface area (Å²) in [4.78, 5) is -0.354. The summed E-state index contributed by atoms with van der Waals surface area (Å²) in [6.07, 6.45) is 0.811. The summed E-state index contributed by atoms with van der Waals surface area (Å²) in [6, 6.07) is 4.97. The van der Waals surface area contributed by atoms with Crippen molar-refractivity contribution in [2.24, 2.45) is 11.1 Å². The van der Waals surface area contributed by atoms with E-state index in [4.69, 9.17) is 5.14 Å². The van der Waals surface area contributed by atoms with Gasteiger partial charge in [0.1, 0.15) is 0 Å². The molecule has 21 heavy (non-hydrogen) atoms. The van der Waals surface area contributed by atoms with E-state index in [1.165, 1.54) is 29.6 Å². The van der Waals surface area contributed by atoms with Crippen molar-refractivity contribution in [3.05, 3.63) is 24.3 Å². The quantitative estimate of drug-likeness (QED) is 0.768. The molecule has 0 aromatic heterocycles. The molecule has 0 spiro atoms. The normalized spacial score (nSPS) is 23.0. The molecule has 9 heteroatoms. The molecule has 0 radical (unpaired) electrons. The van der Waals surface area contributed by atoms with Crippen molar-refractivity contribution < 1.29 is 21.9 Å². The molecule has 118 valence electrons. The molecular weight excluding hydrogens is 316 g/mol. The molecule has 0 unspecified atom stereocenters. The van der Waals surface area contributed by atoms with Crippen molar-refractivity contribution in [1.82, 2.24) is 4.31 Å². The highest BCUT2D eigenvalue weighted by Crippen LogP contribution is 2.29. The first-order valence-corrected chi connectivity index (χ1v) is 9.36. The van der Waals surface area contributed by atoms with Crippen LogP contribution in [0.2, 0.25) is 0 Å². The van der Waals surface area contributed by atoms with E-state index in [0.29, 0.717) is 19.4 Å². The number of primary sulfonamides is 1. The minimum absolute atomic E-state index is 0.114. The van der Waals surface area contributed by atoms with Gasteiger partial charge in [-0.25, -0.2) is 26.3 Å². The number of hydrogen-bond donors (Lipinski definition) is 2. The Morgan fingerprint density at radius 1 is 1.24 bits per heavy atom. The summed E-state index contributed by atoms with van der Waals surface area (Å²) in [5.74, 6) is 0.126. The fourth-order valence-electron chi connectivity index (χ4n) is 2.30. The molecule has 1 saturated carbocycles. The second kappa shape index (κ2) is 5.65. The van der Waals surface area contributed by atoms with Crippen LogP contribution >= 0.6 is 0 Å². The van der Waals surface area contributed by atoms with Gasteiger partial charge < -0.3 is 5.11 Å². The number of hydrogen-bond acceptors (Lipinski definition) is 5. The maximum absolute atomic E-state index is 12.4. The zero-order chi connectivity index (χ0) is 15.8. The number of sulfonamides is 2. The Kier molecular flexibility index (Phi) is 4.41. The first-order valence-electron chi connectivity index (χ1n) is 6.38. The molecule has 7 nitrogen and oxygen atoms in total. The first kappa shape index (κ1) is 16.4. The zero-order valence-electron chi connectivity index (χ0n) is 11.5. The van der Waals surface area contributed by atoms with E-state index in [9.17, 15) is 21.9 Å². The third-order valence-electron chi connectivity index (χ3n) is 3.57. The van der Waals surface area contributed by atoms with Crippen molar-refractivity contribution in [3.8, 4) is 0 Å². The third-order valence-corrected chi connectivity index (χ3v) is 6.30. The van der Waals surface area contributed by atoms with Crippen molar-refractivity contribution in [2.45, 2.75) is 28.7 Å². The largest absolute Gasteiger partial charge is 0.393 e. The van der Waals surface area contributed by atoms with Crippen LogP contribution in [0.1, 0.15) is 12.8 Å². The minimum atomic E-state index is -3.95. The fraction of sp³-hybridized carbons (Fsp3) is 0.500. The Bertz CT molecular complexity index is 724. The summed E-state index contributed by atoms with van der Waals surface area (Å²) in [5, 5.41) is 14.2. The monoisotopic (exact) mass is 334 g/mol. The Morgan fingerprint density at radius 2 is 1.81 bits per heavy atom. The van der Waals surface area contributed by atoms with E-state index >= 15 is 0 Å². The highest BCUT2D eigenvalue weighted by Gasteiger charge is 2.31. The predicted octanol–water partition coefficient (Wildman–Crippen LogP) is -0.275. The van der Waals surface area contributed by atoms with E-state index in [1.807, 2.05) is 0 Å². The van der Waals surface area contributed by atoms with Gasteiger partial charge in [-0.2, -0.15) is 0 Å². The van der Waals surface area contributed by atoms with Gasteiger partial charge in [-0.15, -0.1) is 0 Å². The number of nitrogens with zero attached hydrogens (tertiary/aromatic N) is 1. The highest BCUT2D eigenvalue weighted by molar-refractivity contribution is 7.90. The molecular formula is C12H18N2O5S2. The van der Waals surface area contributed by atoms with E-state index in [1.54, 1.807) is 0 Å². The summed E-state index contributed by atoms with van der Waals surface area (Å²) < 4.78 is 48.6.